The zero-order valence-electron chi connectivity index (χ0n) is 21.3. The van der Waals surface area contributed by atoms with E-state index in [9.17, 15) is 4.79 Å². The molecular formula is C29H32N6O2. The van der Waals surface area contributed by atoms with Crippen LogP contribution < -0.4 is 5.56 Å². The summed E-state index contributed by atoms with van der Waals surface area (Å²) in [5.74, 6) is 1.57. The molecular weight excluding hydrogens is 464 g/mol. The summed E-state index contributed by atoms with van der Waals surface area (Å²) in [7, 11) is 0. The number of aromatic amines is 1. The predicted octanol–water partition coefficient (Wildman–Crippen LogP) is 5.05. The number of hydrogen-bond acceptors (Lipinski definition) is 6. The van der Waals surface area contributed by atoms with Crippen LogP contribution in [-0.2, 0) is 19.5 Å². The number of H-pyrrole nitrogens is 1. The Bertz CT molecular complexity index is 1490. The normalized spacial score (nSPS) is 12.4. The van der Waals surface area contributed by atoms with Crippen LogP contribution in [0.15, 0.2) is 82.2 Å². The van der Waals surface area contributed by atoms with Gasteiger partial charge in [-0.1, -0.05) is 55.3 Å². The van der Waals surface area contributed by atoms with Gasteiger partial charge in [-0.2, -0.15) is 0 Å². The average molecular weight is 497 g/mol. The van der Waals surface area contributed by atoms with Crippen molar-refractivity contribution in [2.45, 2.75) is 52.2 Å². The van der Waals surface area contributed by atoms with Crippen LogP contribution in [-0.4, -0.2) is 36.6 Å². The molecule has 0 saturated carbocycles. The first-order valence-electron chi connectivity index (χ1n) is 12.8. The number of tetrazole rings is 1. The van der Waals surface area contributed by atoms with Crippen LogP contribution in [0.4, 0.5) is 0 Å². The maximum atomic E-state index is 13.1. The van der Waals surface area contributed by atoms with Crippen molar-refractivity contribution >= 4 is 10.9 Å². The lowest BCUT2D eigenvalue weighted by molar-refractivity contribution is 0.166. The summed E-state index contributed by atoms with van der Waals surface area (Å²) >= 11 is 0. The van der Waals surface area contributed by atoms with Gasteiger partial charge in [-0.15, -0.1) is 5.10 Å². The molecule has 5 aromatic rings. The second-order valence-corrected chi connectivity index (χ2v) is 9.50. The van der Waals surface area contributed by atoms with Gasteiger partial charge in [0, 0.05) is 24.2 Å². The Balaban J connectivity index is 1.50. The highest BCUT2D eigenvalue weighted by atomic mass is 16.3. The molecule has 3 aromatic heterocycles. The van der Waals surface area contributed by atoms with Gasteiger partial charge in [0.25, 0.3) is 5.56 Å². The van der Waals surface area contributed by atoms with E-state index in [1.54, 1.807) is 6.26 Å². The monoisotopic (exact) mass is 496 g/mol. The van der Waals surface area contributed by atoms with Crippen LogP contribution in [0.5, 0.6) is 0 Å². The molecule has 2 aromatic carbocycles. The Kier molecular flexibility index (Phi) is 7.56. The number of furan rings is 1. The zero-order valence-corrected chi connectivity index (χ0v) is 21.3. The Morgan fingerprint density at radius 3 is 2.73 bits per heavy atom. The quantitative estimate of drug-likeness (QED) is 0.275. The van der Waals surface area contributed by atoms with Crippen LogP contribution in [0, 0.1) is 6.92 Å². The summed E-state index contributed by atoms with van der Waals surface area (Å²) in [5, 5.41) is 13.8. The Hall–Kier alpha value is -4.04. The van der Waals surface area contributed by atoms with E-state index < -0.39 is 0 Å². The highest BCUT2D eigenvalue weighted by Crippen LogP contribution is 2.27. The molecule has 1 unspecified atom stereocenters. The average Bonchev–Trinajstić information content (AvgIpc) is 3.59. The maximum Gasteiger partial charge on any atom is 0.252 e. The Morgan fingerprint density at radius 1 is 1.08 bits per heavy atom. The van der Waals surface area contributed by atoms with E-state index in [2.05, 4.69) is 69.6 Å². The minimum absolute atomic E-state index is 0.0634. The van der Waals surface area contributed by atoms with Gasteiger partial charge in [0.15, 0.2) is 5.82 Å². The highest BCUT2D eigenvalue weighted by Gasteiger charge is 2.27. The Labute approximate surface area is 215 Å². The van der Waals surface area contributed by atoms with E-state index in [0.717, 1.165) is 59.4 Å². The molecule has 8 heteroatoms. The number of benzene rings is 2. The van der Waals surface area contributed by atoms with E-state index in [0.29, 0.717) is 13.1 Å². The van der Waals surface area contributed by atoms with Gasteiger partial charge >= 0.3 is 0 Å². The fourth-order valence-electron chi connectivity index (χ4n) is 4.83. The molecule has 0 aliphatic rings. The molecule has 0 fully saturated rings. The molecule has 5 rings (SSSR count). The van der Waals surface area contributed by atoms with Crippen molar-refractivity contribution in [2.24, 2.45) is 0 Å². The number of aromatic nitrogens is 5. The lowest BCUT2D eigenvalue weighted by atomic mass is 10.0. The molecule has 0 saturated heterocycles. The van der Waals surface area contributed by atoms with Crippen molar-refractivity contribution in [1.82, 2.24) is 30.1 Å². The van der Waals surface area contributed by atoms with Crippen molar-refractivity contribution < 1.29 is 4.42 Å². The molecule has 0 bridgehead atoms. The number of fused-ring (bicyclic) bond motifs is 1. The molecule has 1 N–H and O–H groups in total. The zero-order chi connectivity index (χ0) is 25.6. The van der Waals surface area contributed by atoms with E-state index >= 15 is 0 Å². The second-order valence-electron chi connectivity index (χ2n) is 9.50. The van der Waals surface area contributed by atoms with E-state index in [1.807, 2.05) is 41.1 Å². The minimum Gasteiger partial charge on any atom is -0.467 e. The third kappa shape index (κ3) is 5.86. The third-order valence-electron chi connectivity index (χ3n) is 6.73. The lowest BCUT2D eigenvalue weighted by Crippen LogP contribution is -2.34. The molecule has 1 atom stereocenters. The van der Waals surface area contributed by atoms with Gasteiger partial charge in [0.2, 0.25) is 0 Å². The Morgan fingerprint density at radius 2 is 1.95 bits per heavy atom. The van der Waals surface area contributed by atoms with Gasteiger partial charge < -0.3 is 9.40 Å². The summed E-state index contributed by atoms with van der Waals surface area (Å²) < 4.78 is 7.36. The molecule has 0 aliphatic heterocycles. The van der Waals surface area contributed by atoms with Crippen molar-refractivity contribution in [3.63, 3.8) is 0 Å². The molecule has 3 heterocycles. The molecule has 190 valence electrons. The van der Waals surface area contributed by atoms with Crippen molar-refractivity contribution in [3.8, 4) is 0 Å². The van der Waals surface area contributed by atoms with Gasteiger partial charge in [-0.05, 0) is 71.5 Å². The second kappa shape index (κ2) is 11.3. The SMILES string of the molecule is CCCC(c1nnnn1Cc1ccco1)N(CCc1ccccc1)Cc1cc2cc(C)ccc2[nH]c1=O. The van der Waals surface area contributed by atoms with Crippen LogP contribution >= 0.6 is 0 Å². The molecule has 0 amide bonds. The summed E-state index contributed by atoms with van der Waals surface area (Å²) in [4.78, 5) is 18.5. The van der Waals surface area contributed by atoms with Crippen LogP contribution in [0.25, 0.3) is 10.9 Å². The van der Waals surface area contributed by atoms with E-state index in [4.69, 9.17) is 4.42 Å². The molecule has 0 spiro atoms. The van der Waals surface area contributed by atoms with Crippen molar-refractivity contribution in [3.05, 3.63) is 112 Å². The van der Waals surface area contributed by atoms with Gasteiger partial charge in [-0.25, -0.2) is 4.68 Å². The lowest BCUT2D eigenvalue weighted by Gasteiger charge is -2.31. The fourth-order valence-corrected chi connectivity index (χ4v) is 4.83. The summed E-state index contributed by atoms with van der Waals surface area (Å²) in [5.41, 5.74) is 3.93. The van der Waals surface area contributed by atoms with Crippen molar-refractivity contribution in [1.29, 1.82) is 0 Å². The maximum absolute atomic E-state index is 13.1. The summed E-state index contributed by atoms with van der Waals surface area (Å²) in [6, 6.07) is 22.2. The molecule has 0 aliphatic carbocycles. The number of rotatable bonds is 11. The smallest absolute Gasteiger partial charge is 0.252 e. The summed E-state index contributed by atoms with van der Waals surface area (Å²) in [6.45, 7) is 5.93. The molecule has 37 heavy (non-hydrogen) atoms. The number of hydrogen-bond donors (Lipinski definition) is 1. The number of aryl methyl sites for hydroxylation is 1. The van der Waals surface area contributed by atoms with E-state index in [-0.39, 0.29) is 11.6 Å². The largest absolute Gasteiger partial charge is 0.467 e. The van der Waals surface area contributed by atoms with Crippen molar-refractivity contribution in [2.75, 3.05) is 6.54 Å². The van der Waals surface area contributed by atoms with Gasteiger partial charge in [0.1, 0.15) is 12.3 Å². The standard InChI is InChI=1S/C29H32N6O2/c1-3-8-27(28-31-32-33-35(28)20-25-11-7-16-37-25)34(15-14-22-9-5-4-6-10-22)19-24-18-23-17-21(2)12-13-26(23)30-29(24)36/h4-7,9-13,16-18,27H,3,8,14-15,19-20H2,1-2H3,(H,30,36). The first-order valence-corrected chi connectivity index (χ1v) is 12.8. The number of nitrogens with zero attached hydrogens (tertiary/aromatic N) is 5. The minimum atomic E-state index is -0.0636. The third-order valence-corrected chi connectivity index (χ3v) is 6.73. The fraction of sp³-hybridized carbons (Fsp3) is 0.310. The topological polar surface area (TPSA) is 92.8 Å². The van der Waals surface area contributed by atoms with Gasteiger partial charge in [0.05, 0.1) is 12.3 Å². The van der Waals surface area contributed by atoms with E-state index in [1.165, 1.54) is 5.56 Å². The van der Waals surface area contributed by atoms with Gasteiger partial charge in [-0.3, -0.25) is 9.69 Å². The van der Waals surface area contributed by atoms with Crippen LogP contribution in [0.3, 0.4) is 0 Å². The number of nitrogens with one attached hydrogen (secondary N) is 1. The highest BCUT2D eigenvalue weighted by molar-refractivity contribution is 5.79. The molecule has 8 nitrogen and oxygen atoms in total. The molecule has 0 radical (unpaired) electrons. The first kappa shape index (κ1) is 24.6. The predicted molar refractivity (Wildman–Crippen MR) is 143 cm³/mol. The van der Waals surface area contributed by atoms with Crippen LogP contribution in [0.1, 0.15) is 54.1 Å². The number of pyridine rings is 1. The summed E-state index contributed by atoms with van der Waals surface area (Å²) in [6.07, 6.45) is 4.32. The first-order chi connectivity index (χ1) is 18.1. The van der Waals surface area contributed by atoms with Crippen LogP contribution in [0.2, 0.25) is 0 Å².